The molecule has 0 aliphatic carbocycles. The minimum Gasteiger partial charge on any atom is -0.463 e. The Hall–Kier alpha value is -2.27. The van der Waals surface area contributed by atoms with Crippen LogP contribution in [0.25, 0.3) is 0 Å². The molecule has 0 heterocycles. The van der Waals surface area contributed by atoms with Crippen molar-refractivity contribution >= 4 is 52.0 Å². The van der Waals surface area contributed by atoms with Crippen molar-refractivity contribution in [3.05, 3.63) is 33.9 Å². The van der Waals surface area contributed by atoms with Crippen LogP contribution in [-0.2, 0) is 19.1 Å². The van der Waals surface area contributed by atoms with Gasteiger partial charge in [0.1, 0.15) is 0 Å². The lowest BCUT2D eigenvalue weighted by molar-refractivity contribution is -0.384. The van der Waals surface area contributed by atoms with Gasteiger partial charge in [0.15, 0.2) is 0 Å². The van der Waals surface area contributed by atoms with Gasteiger partial charge in [-0.25, -0.2) is 9.59 Å². The van der Waals surface area contributed by atoms with E-state index in [9.17, 15) is 24.5 Å². The largest absolute Gasteiger partial charge is 0.463 e. The molecule has 0 saturated carbocycles. The predicted octanol–water partition coefficient (Wildman–Crippen LogP) is 4.26. The van der Waals surface area contributed by atoms with Gasteiger partial charge in [0.2, 0.25) is 5.12 Å². The highest BCUT2D eigenvalue weighted by Gasteiger charge is 2.50. The van der Waals surface area contributed by atoms with Crippen LogP contribution in [0.4, 0.5) is 11.4 Å². The number of hydrogen-bond acceptors (Lipinski definition) is 10. The predicted molar refractivity (Wildman–Crippen MR) is 123 cm³/mol. The molecule has 0 radical (unpaired) electrons. The average Bonchev–Trinajstić information content (AvgIpc) is 2.74. The lowest BCUT2D eigenvalue weighted by Gasteiger charge is -2.30. The third-order valence-electron chi connectivity index (χ3n) is 3.83. The van der Waals surface area contributed by atoms with Gasteiger partial charge in [-0.3, -0.25) is 14.9 Å². The van der Waals surface area contributed by atoms with E-state index in [1.54, 1.807) is 13.8 Å². The summed E-state index contributed by atoms with van der Waals surface area (Å²) < 4.78 is 10.3. The third-order valence-corrected chi connectivity index (χ3v) is 6.41. The van der Waals surface area contributed by atoms with Crippen molar-refractivity contribution in [1.82, 2.24) is 0 Å². The van der Waals surface area contributed by atoms with Crippen molar-refractivity contribution in [2.24, 2.45) is 0 Å². The average molecular weight is 473 g/mol. The molecule has 0 aromatic heterocycles. The van der Waals surface area contributed by atoms with Crippen LogP contribution >= 0.6 is 23.5 Å². The highest BCUT2D eigenvalue weighted by molar-refractivity contribution is 8.14. The highest BCUT2D eigenvalue weighted by atomic mass is 32.2. The lowest BCUT2D eigenvalue weighted by atomic mass is 10.1. The van der Waals surface area contributed by atoms with Gasteiger partial charge in [0.25, 0.3) is 10.6 Å². The number of esters is 2. The van der Waals surface area contributed by atoms with Crippen LogP contribution in [0.1, 0.15) is 50.9 Å². The van der Waals surface area contributed by atoms with Gasteiger partial charge in [-0.05, 0) is 38.5 Å². The number of anilines is 1. The summed E-state index contributed by atoms with van der Waals surface area (Å²) in [5, 5.41) is 13.8. The fraction of sp³-hybridized carbons (Fsp3) is 0.550. The van der Waals surface area contributed by atoms with E-state index in [0.29, 0.717) is 17.9 Å². The zero-order valence-electron chi connectivity index (χ0n) is 18.1. The maximum absolute atomic E-state index is 12.9. The number of non-ortho nitro benzene ring substituents is 1. The number of carbonyl (C=O) groups excluding carboxylic acids is 3. The number of ether oxygens (including phenoxy) is 2. The Labute approximate surface area is 190 Å². The summed E-state index contributed by atoms with van der Waals surface area (Å²) in [5.74, 6) is -0.829. The SMILES string of the molecule is CCCSC(=O)c1ccc([N+](=O)[O-])cc1NC(SCCC)(C(=O)OCC)C(=O)OCC. The number of benzene rings is 1. The Bertz CT molecular complexity index is 784. The quantitative estimate of drug-likeness (QED) is 0.146. The number of nitro benzene ring substituents is 1. The van der Waals surface area contributed by atoms with E-state index in [2.05, 4.69) is 5.32 Å². The van der Waals surface area contributed by atoms with E-state index in [1.165, 1.54) is 12.1 Å². The third kappa shape index (κ3) is 7.13. The molecule has 0 saturated heterocycles. The number of thioether (sulfide) groups is 2. The van der Waals surface area contributed by atoms with E-state index in [4.69, 9.17) is 9.47 Å². The van der Waals surface area contributed by atoms with Crippen LogP contribution in [0.2, 0.25) is 0 Å². The minimum absolute atomic E-state index is 0.00693. The summed E-state index contributed by atoms with van der Waals surface area (Å²) in [4.78, 5) is 47.3. The van der Waals surface area contributed by atoms with Gasteiger partial charge < -0.3 is 14.8 Å². The van der Waals surface area contributed by atoms with E-state index in [-0.39, 0.29) is 35.3 Å². The smallest absolute Gasteiger partial charge is 0.354 e. The highest BCUT2D eigenvalue weighted by Crippen LogP contribution is 2.35. The van der Waals surface area contributed by atoms with E-state index >= 15 is 0 Å². The first-order valence-corrected chi connectivity index (χ1v) is 12.0. The van der Waals surface area contributed by atoms with Crippen molar-refractivity contribution in [1.29, 1.82) is 0 Å². The molecule has 0 bridgehead atoms. The summed E-state index contributed by atoms with van der Waals surface area (Å²) in [5.41, 5.74) is -0.173. The van der Waals surface area contributed by atoms with Crippen LogP contribution in [0, 0.1) is 10.1 Å². The molecule has 0 fully saturated rings. The first-order chi connectivity index (χ1) is 14.8. The summed E-state index contributed by atoms with van der Waals surface area (Å²) in [6, 6.07) is 3.66. The van der Waals surface area contributed by atoms with E-state index in [1.807, 2.05) is 13.8 Å². The zero-order chi connectivity index (χ0) is 23.4. The van der Waals surface area contributed by atoms with E-state index in [0.717, 1.165) is 36.0 Å². The van der Waals surface area contributed by atoms with Gasteiger partial charge >= 0.3 is 11.9 Å². The fourth-order valence-corrected chi connectivity index (χ4v) is 4.22. The van der Waals surface area contributed by atoms with Crippen molar-refractivity contribution in [2.75, 3.05) is 30.0 Å². The molecule has 1 rings (SSSR count). The first-order valence-electron chi connectivity index (χ1n) is 9.99. The maximum Gasteiger partial charge on any atom is 0.354 e. The summed E-state index contributed by atoms with van der Waals surface area (Å²) in [6.07, 6.45) is 1.40. The number of nitro groups is 1. The van der Waals surface area contributed by atoms with Crippen molar-refractivity contribution in [3.63, 3.8) is 0 Å². The Kier molecular flexibility index (Phi) is 11.4. The Balaban J connectivity index is 3.61. The maximum atomic E-state index is 12.9. The monoisotopic (exact) mass is 472 g/mol. The van der Waals surface area contributed by atoms with E-state index < -0.39 is 21.7 Å². The minimum atomic E-state index is -2.01. The second-order valence-electron chi connectivity index (χ2n) is 6.22. The Morgan fingerprint density at radius 2 is 1.61 bits per heavy atom. The van der Waals surface area contributed by atoms with Crippen LogP contribution in [0.3, 0.4) is 0 Å². The molecule has 172 valence electrons. The molecule has 0 atom stereocenters. The molecule has 11 heteroatoms. The molecular formula is C20H28N2O7S2. The van der Waals surface area contributed by atoms with Crippen molar-refractivity contribution < 1.29 is 28.8 Å². The standard InChI is InChI=1S/C20H28N2O7S2/c1-5-11-30-17(23)15-10-9-14(22(26)27)13-16(15)21-20(31-12-6-2,18(24)28-7-3)19(25)29-8-4/h9-10,13,21H,5-8,11-12H2,1-4H3. The van der Waals surface area contributed by atoms with Crippen LogP contribution in [0.15, 0.2) is 18.2 Å². The molecule has 1 aromatic carbocycles. The normalized spacial score (nSPS) is 11.0. The van der Waals surface area contributed by atoms with Crippen molar-refractivity contribution in [2.45, 2.75) is 45.4 Å². The molecule has 1 aromatic rings. The molecule has 0 amide bonds. The number of nitrogens with one attached hydrogen (secondary N) is 1. The summed E-state index contributed by atoms with van der Waals surface area (Å²) >= 11 is 2.02. The number of nitrogens with zero attached hydrogens (tertiary/aromatic N) is 1. The number of hydrogen-bond donors (Lipinski definition) is 1. The molecule has 1 N–H and O–H groups in total. The van der Waals surface area contributed by atoms with Gasteiger partial charge in [-0.1, -0.05) is 25.6 Å². The topological polar surface area (TPSA) is 125 Å². The molecule has 31 heavy (non-hydrogen) atoms. The van der Waals surface area contributed by atoms with Gasteiger partial charge in [0, 0.05) is 17.9 Å². The van der Waals surface area contributed by atoms with Crippen LogP contribution in [-0.4, -0.2) is 51.6 Å². The molecule has 0 aliphatic heterocycles. The number of carbonyl (C=O) groups is 3. The Morgan fingerprint density at radius 3 is 2.10 bits per heavy atom. The van der Waals surface area contributed by atoms with Crippen LogP contribution in [0.5, 0.6) is 0 Å². The van der Waals surface area contributed by atoms with Crippen LogP contribution < -0.4 is 5.32 Å². The second kappa shape index (κ2) is 13.2. The van der Waals surface area contributed by atoms with Gasteiger partial charge in [0.05, 0.1) is 29.4 Å². The molecule has 9 nitrogen and oxygen atoms in total. The molecule has 0 spiro atoms. The summed E-state index contributed by atoms with van der Waals surface area (Å²) in [7, 11) is 0. The van der Waals surface area contributed by atoms with Crippen molar-refractivity contribution in [3.8, 4) is 0 Å². The molecule has 0 aliphatic rings. The zero-order valence-corrected chi connectivity index (χ0v) is 19.7. The Morgan fingerprint density at radius 1 is 1.03 bits per heavy atom. The second-order valence-corrected chi connectivity index (χ2v) is 8.60. The lowest BCUT2D eigenvalue weighted by Crippen LogP contribution is -2.53. The fourth-order valence-electron chi connectivity index (χ4n) is 2.45. The van der Waals surface area contributed by atoms with Gasteiger partial charge in [-0.2, -0.15) is 0 Å². The van der Waals surface area contributed by atoms with Gasteiger partial charge in [-0.15, -0.1) is 11.8 Å². The number of rotatable bonds is 13. The summed E-state index contributed by atoms with van der Waals surface area (Å²) in [6.45, 7) is 7.02. The molecule has 0 unspecified atom stereocenters. The molecular weight excluding hydrogens is 444 g/mol. The first kappa shape index (κ1) is 26.8.